The van der Waals surface area contributed by atoms with Gasteiger partial charge in [0.15, 0.2) is 0 Å². The van der Waals surface area contributed by atoms with Crippen molar-refractivity contribution < 1.29 is 22.7 Å². The summed E-state index contributed by atoms with van der Waals surface area (Å²) in [6.45, 7) is 0.622. The molecule has 0 N–H and O–H groups in total. The summed E-state index contributed by atoms with van der Waals surface area (Å²) in [6.07, 6.45) is -2.91. The van der Waals surface area contributed by atoms with Crippen LogP contribution >= 0.6 is 0 Å². The third-order valence-electron chi connectivity index (χ3n) is 2.42. The topological polar surface area (TPSA) is 26.3 Å². The standard InChI is InChI=1S/C10H15F3O2/c11-10(12,13)5-4-8(14)7-9-3-1-2-6-15-9/h9H,1-7H2. The lowest BCUT2D eigenvalue weighted by Crippen LogP contribution is -2.23. The molecular weight excluding hydrogens is 209 g/mol. The fourth-order valence-electron chi connectivity index (χ4n) is 1.61. The van der Waals surface area contributed by atoms with Gasteiger partial charge in [-0.1, -0.05) is 0 Å². The quantitative estimate of drug-likeness (QED) is 0.734. The van der Waals surface area contributed by atoms with Crippen LogP contribution in [0.2, 0.25) is 0 Å². The first-order chi connectivity index (χ1) is 6.97. The number of ether oxygens (including phenoxy) is 1. The number of halogens is 3. The summed E-state index contributed by atoms with van der Waals surface area (Å²) >= 11 is 0. The van der Waals surface area contributed by atoms with Crippen LogP contribution in [0.15, 0.2) is 0 Å². The van der Waals surface area contributed by atoms with E-state index in [0.717, 1.165) is 19.3 Å². The number of alkyl halides is 3. The van der Waals surface area contributed by atoms with Gasteiger partial charge in [0.2, 0.25) is 0 Å². The van der Waals surface area contributed by atoms with Crippen molar-refractivity contribution in [3.63, 3.8) is 0 Å². The second-order valence-corrected chi connectivity index (χ2v) is 3.85. The molecule has 88 valence electrons. The van der Waals surface area contributed by atoms with E-state index in [1.807, 2.05) is 0 Å². The highest BCUT2D eigenvalue weighted by Gasteiger charge is 2.28. The lowest BCUT2D eigenvalue weighted by molar-refractivity contribution is -0.144. The molecule has 1 unspecified atom stereocenters. The van der Waals surface area contributed by atoms with Crippen LogP contribution in [0, 0.1) is 0 Å². The van der Waals surface area contributed by atoms with Gasteiger partial charge in [0, 0.05) is 19.4 Å². The minimum Gasteiger partial charge on any atom is -0.378 e. The molecule has 1 rings (SSSR count). The van der Waals surface area contributed by atoms with Crippen LogP contribution in [0.3, 0.4) is 0 Å². The number of hydrogen-bond acceptors (Lipinski definition) is 2. The maximum Gasteiger partial charge on any atom is 0.389 e. The molecule has 1 fully saturated rings. The molecule has 0 bridgehead atoms. The van der Waals surface area contributed by atoms with Gasteiger partial charge in [0.25, 0.3) is 0 Å². The average molecular weight is 224 g/mol. The Bertz CT molecular complexity index is 207. The lowest BCUT2D eigenvalue weighted by Gasteiger charge is -2.21. The van der Waals surface area contributed by atoms with Gasteiger partial charge in [-0.2, -0.15) is 13.2 Å². The van der Waals surface area contributed by atoms with Crippen molar-refractivity contribution in [2.75, 3.05) is 6.61 Å². The molecular formula is C10H15F3O2. The number of hydrogen-bond donors (Lipinski definition) is 0. The SMILES string of the molecule is O=C(CCC(F)(F)F)CC1CCCCO1. The summed E-state index contributed by atoms with van der Waals surface area (Å²) in [5.74, 6) is -0.348. The molecule has 2 nitrogen and oxygen atoms in total. The smallest absolute Gasteiger partial charge is 0.378 e. The zero-order valence-electron chi connectivity index (χ0n) is 8.48. The van der Waals surface area contributed by atoms with Crippen LogP contribution in [0.4, 0.5) is 13.2 Å². The van der Waals surface area contributed by atoms with E-state index in [2.05, 4.69) is 0 Å². The van der Waals surface area contributed by atoms with E-state index in [4.69, 9.17) is 4.74 Å². The minimum atomic E-state index is -4.23. The van der Waals surface area contributed by atoms with Crippen LogP contribution in [0.25, 0.3) is 0 Å². The first-order valence-corrected chi connectivity index (χ1v) is 5.17. The molecule has 0 aromatic heterocycles. The number of carbonyl (C=O) groups excluding carboxylic acids is 1. The monoisotopic (exact) mass is 224 g/mol. The highest BCUT2D eigenvalue weighted by atomic mass is 19.4. The zero-order valence-corrected chi connectivity index (χ0v) is 8.48. The molecule has 15 heavy (non-hydrogen) atoms. The molecule has 0 aromatic rings. The summed E-state index contributed by atoms with van der Waals surface area (Å²) in [4.78, 5) is 11.2. The first kappa shape index (κ1) is 12.5. The van der Waals surface area contributed by atoms with Gasteiger partial charge in [0.1, 0.15) is 5.78 Å². The van der Waals surface area contributed by atoms with Crippen LogP contribution < -0.4 is 0 Å². The predicted octanol–water partition coefficient (Wildman–Crippen LogP) is 2.86. The van der Waals surface area contributed by atoms with E-state index in [9.17, 15) is 18.0 Å². The second kappa shape index (κ2) is 5.49. The summed E-state index contributed by atoms with van der Waals surface area (Å²) in [5, 5.41) is 0. The fourth-order valence-corrected chi connectivity index (χ4v) is 1.61. The average Bonchev–Trinajstić information content (AvgIpc) is 2.15. The Morgan fingerprint density at radius 1 is 1.33 bits per heavy atom. The minimum absolute atomic E-state index is 0.135. The molecule has 0 aromatic carbocycles. The normalized spacial score (nSPS) is 22.7. The van der Waals surface area contributed by atoms with Gasteiger partial charge >= 0.3 is 6.18 Å². The van der Waals surface area contributed by atoms with Gasteiger partial charge in [0.05, 0.1) is 12.5 Å². The van der Waals surface area contributed by atoms with Crippen molar-refractivity contribution in [3.8, 4) is 0 Å². The summed E-state index contributed by atoms with van der Waals surface area (Å²) in [6, 6.07) is 0. The lowest BCUT2D eigenvalue weighted by atomic mass is 10.0. The Labute approximate surface area is 86.8 Å². The number of ketones is 1. The third kappa shape index (κ3) is 5.77. The van der Waals surface area contributed by atoms with Gasteiger partial charge in [-0.25, -0.2) is 0 Å². The van der Waals surface area contributed by atoms with E-state index in [-0.39, 0.29) is 18.3 Å². The van der Waals surface area contributed by atoms with Gasteiger partial charge in [-0.3, -0.25) is 4.79 Å². The second-order valence-electron chi connectivity index (χ2n) is 3.85. The molecule has 1 atom stereocenters. The summed E-state index contributed by atoms with van der Waals surface area (Å²) < 4.78 is 40.7. The predicted molar refractivity (Wildman–Crippen MR) is 48.5 cm³/mol. The maximum atomic E-state index is 11.8. The molecule has 0 spiro atoms. The zero-order chi connectivity index (χ0) is 11.3. The van der Waals surface area contributed by atoms with Crippen molar-refractivity contribution in [3.05, 3.63) is 0 Å². The van der Waals surface area contributed by atoms with Crippen LogP contribution in [-0.4, -0.2) is 24.7 Å². The Morgan fingerprint density at radius 2 is 2.07 bits per heavy atom. The van der Waals surface area contributed by atoms with Gasteiger partial charge in [-0.05, 0) is 19.3 Å². The van der Waals surface area contributed by atoms with Crippen molar-refractivity contribution in [2.45, 2.75) is 50.8 Å². The van der Waals surface area contributed by atoms with E-state index < -0.39 is 19.0 Å². The number of Topliss-reactive ketones (excluding diaryl/α,β-unsaturated/α-hetero) is 1. The highest BCUT2D eigenvalue weighted by Crippen LogP contribution is 2.23. The maximum absolute atomic E-state index is 11.8. The van der Waals surface area contributed by atoms with E-state index in [1.54, 1.807) is 0 Å². The number of carbonyl (C=O) groups is 1. The van der Waals surface area contributed by atoms with E-state index in [1.165, 1.54) is 0 Å². The molecule has 1 aliphatic rings. The van der Waals surface area contributed by atoms with Gasteiger partial charge < -0.3 is 4.74 Å². The van der Waals surface area contributed by atoms with E-state index in [0.29, 0.717) is 6.61 Å². The van der Waals surface area contributed by atoms with Crippen molar-refractivity contribution in [2.24, 2.45) is 0 Å². The number of rotatable bonds is 4. The molecule has 1 heterocycles. The first-order valence-electron chi connectivity index (χ1n) is 5.17. The van der Waals surface area contributed by atoms with Crippen molar-refractivity contribution in [1.29, 1.82) is 0 Å². The Hall–Kier alpha value is -0.580. The van der Waals surface area contributed by atoms with Gasteiger partial charge in [-0.15, -0.1) is 0 Å². The third-order valence-corrected chi connectivity index (χ3v) is 2.42. The Balaban J connectivity index is 2.17. The molecule has 0 amide bonds. The molecule has 1 saturated heterocycles. The highest BCUT2D eigenvalue weighted by molar-refractivity contribution is 5.78. The Morgan fingerprint density at radius 3 is 2.60 bits per heavy atom. The molecule has 0 aliphatic carbocycles. The summed E-state index contributed by atoms with van der Waals surface area (Å²) in [5.41, 5.74) is 0. The van der Waals surface area contributed by atoms with Crippen LogP contribution in [-0.2, 0) is 9.53 Å². The van der Waals surface area contributed by atoms with Crippen LogP contribution in [0.5, 0.6) is 0 Å². The molecule has 0 saturated carbocycles. The van der Waals surface area contributed by atoms with Crippen molar-refractivity contribution in [1.82, 2.24) is 0 Å². The van der Waals surface area contributed by atoms with Crippen molar-refractivity contribution >= 4 is 5.78 Å². The fraction of sp³-hybridized carbons (Fsp3) is 0.900. The molecule has 0 radical (unpaired) electrons. The van der Waals surface area contributed by atoms with E-state index >= 15 is 0 Å². The van der Waals surface area contributed by atoms with Crippen LogP contribution in [0.1, 0.15) is 38.5 Å². The largest absolute Gasteiger partial charge is 0.389 e. The summed E-state index contributed by atoms with van der Waals surface area (Å²) in [7, 11) is 0. The Kier molecular flexibility index (Phi) is 4.57. The molecule has 1 aliphatic heterocycles. The molecule has 5 heteroatoms.